The summed E-state index contributed by atoms with van der Waals surface area (Å²) in [5, 5.41) is 2.51. The van der Waals surface area contributed by atoms with Gasteiger partial charge in [-0.2, -0.15) is 0 Å². The SMILES string of the molecule is CC1(C)c2ccccc2-c2cccc(-c3ccccc3N(c3ccc(-c4ccc(-c5ccc6ccccc6c5)cc4)cc3)c3cccc(-c4ccccc4)c3-c3ccccc3-c3ccccc3)c21. The van der Waals surface area contributed by atoms with Gasteiger partial charge in [-0.3, -0.25) is 0 Å². The van der Waals surface area contributed by atoms with Gasteiger partial charge in [0.1, 0.15) is 0 Å². The molecular formula is C67H49N. The summed E-state index contributed by atoms with van der Waals surface area (Å²) >= 11 is 0. The molecule has 0 bridgehead atoms. The molecule has 0 N–H and O–H groups in total. The molecule has 1 heteroatoms. The molecular weight excluding hydrogens is 819 g/mol. The smallest absolute Gasteiger partial charge is 0.0546 e. The first-order valence-corrected chi connectivity index (χ1v) is 23.7. The van der Waals surface area contributed by atoms with Gasteiger partial charge in [0, 0.05) is 22.2 Å². The molecule has 1 aliphatic carbocycles. The van der Waals surface area contributed by atoms with Crippen LogP contribution in [0.2, 0.25) is 0 Å². The lowest BCUT2D eigenvalue weighted by molar-refractivity contribution is 0.662. The van der Waals surface area contributed by atoms with Crippen molar-refractivity contribution in [1.29, 1.82) is 0 Å². The van der Waals surface area contributed by atoms with Crippen molar-refractivity contribution in [1.82, 2.24) is 0 Å². The van der Waals surface area contributed by atoms with E-state index in [-0.39, 0.29) is 5.41 Å². The summed E-state index contributed by atoms with van der Waals surface area (Å²) in [6.45, 7) is 4.77. The van der Waals surface area contributed by atoms with Crippen molar-refractivity contribution in [3.63, 3.8) is 0 Å². The fourth-order valence-corrected chi connectivity index (χ4v) is 10.8. The van der Waals surface area contributed by atoms with Crippen LogP contribution in [0.25, 0.3) is 88.7 Å². The van der Waals surface area contributed by atoms with Gasteiger partial charge in [-0.15, -0.1) is 0 Å². The Hall–Kier alpha value is -8.52. The van der Waals surface area contributed by atoms with Crippen molar-refractivity contribution in [2.75, 3.05) is 4.90 Å². The fourth-order valence-electron chi connectivity index (χ4n) is 10.8. The highest BCUT2D eigenvalue weighted by Crippen LogP contribution is 2.55. The van der Waals surface area contributed by atoms with Crippen LogP contribution in [0.4, 0.5) is 17.1 Å². The highest BCUT2D eigenvalue weighted by atomic mass is 15.1. The second-order valence-corrected chi connectivity index (χ2v) is 18.4. The Balaban J connectivity index is 1.06. The van der Waals surface area contributed by atoms with Gasteiger partial charge in [0.2, 0.25) is 0 Å². The summed E-state index contributed by atoms with van der Waals surface area (Å²) in [4.78, 5) is 2.51. The third kappa shape index (κ3) is 7.12. The van der Waals surface area contributed by atoms with E-state index in [0.717, 1.165) is 17.1 Å². The zero-order valence-corrected chi connectivity index (χ0v) is 38.3. The van der Waals surface area contributed by atoms with Gasteiger partial charge in [0.25, 0.3) is 0 Å². The van der Waals surface area contributed by atoms with E-state index in [1.54, 1.807) is 0 Å². The van der Waals surface area contributed by atoms with Crippen LogP contribution >= 0.6 is 0 Å². The van der Waals surface area contributed by atoms with E-state index in [0.29, 0.717) is 0 Å². The largest absolute Gasteiger partial charge is 0.309 e. The molecule has 68 heavy (non-hydrogen) atoms. The average molecular weight is 868 g/mol. The zero-order valence-electron chi connectivity index (χ0n) is 38.3. The first-order chi connectivity index (χ1) is 33.5. The monoisotopic (exact) mass is 867 g/mol. The normalized spacial score (nSPS) is 12.4. The van der Waals surface area contributed by atoms with Gasteiger partial charge in [0.05, 0.1) is 11.4 Å². The maximum Gasteiger partial charge on any atom is 0.0546 e. The number of benzene rings is 11. The van der Waals surface area contributed by atoms with E-state index < -0.39 is 0 Å². The highest BCUT2D eigenvalue weighted by Gasteiger charge is 2.38. The van der Waals surface area contributed by atoms with Crippen LogP contribution in [-0.2, 0) is 5.41 Å². The molecule has 0 amide bonds. The summed E-state index contributed by atoms with van der Waals surface area (Å²) < 4.78 is 0. The lowest BCUT2D eigenvalue weighted by atomic mass is 9.78. The molecule has 0 radical (unpaired) electrons. The number of para-hydroxylation sites is 1. The highest BCUT2D eigenvalue weighted by molar-refractivity contribution is 6.03. The zero-order chi connectivity index (χ0) is 45.6. The second-order valence-electron chi connectivity index (χ2n) is 18.4. The van der Waals surface area contributed by atoms with Crippen molar-refractivity contribution in [3.8, 4) is 77.9 Å². The molecule has 0 fully saturated rings. The van der Waals surface area contributed by atoms with Gasteiger partial charge in [-0.05, 0) is 119 Å². The molecule has 0 heterocycles. The number of rotatable bonds is 9. The maximum atomic E-state index is 2.51. The molecule has 0 saturated carbocycles. The number of hydrogen-bond acceptors (Lipinski definition) is 1. The summed E-state index contributed by atoms with van der Waals surface area (Å²) in [5.74, 6) is 0. The number of hydrogen-bond donors (Lipinski definition) is 0. The molecule has 0 spiro atoms. The molecule has 11 aromatic rings. The van der Waals surface area contributed by atoms with Gasteiger partial charge >= 0.3 is 0 Å². The van der Waals surface area contributed by atoms with Crippen LogP contribution in [0.3, 0.4) is 0 Å². The third-order valence-corrected chi connectivity index (χ3v) is 14.1. The second kappa shape index (κ2) is 17.0. The molecule has 12 rings (SSSR count). The summed E-state index contributed by atoms with van der Waals surface area (Å²) in [5.41, 5.74) is 22.7. The van der Waals surface area contributed by atoms with Crippen molar-refractivity contribution >= 4 is 27.8 Å². The Kier molecular flexibility index (Phi) is 10.3. The lowest BCUT2D eigenvalue weighted by Crippen LogP contribution is -2.17. The number of nitrogens with zero attached hydrogens (tertiary/aromatic N) is 1. The minimum absolute atomic E-state index is 0.195. The van der Waals surface area contributed by atoms with Crippen molar-refractivity contribution in [3.05, 3.63) is 272 Å². The summed E-state index contributed by atoms with van der Waals surface area (Å²) in [6, 6.07) is 95.7. The molecule has 322 valence electrons. The fraction of sp³-hybridized carbons (Fsp3) is 0.0448. The van der Waals surface area contributed by atoms with Gasteiger partial charge in [0.15, 0.2) is 0 Å². The Morgan fingerprint density at radius 1 is 0.279 bits per heavy atom. The molecule has 0 aliphatic heterocycles. The standard InChI is InChI=1S/C67H49N/c1-67(2)62-32-15-13-26-57(62)60-30-17-31-61(66(60)67)58-27-14-16-33-63(58)68(54-43-41-48(42-44-54)47-35-37-49(38-36-47)53-40-39-46-19-9-10-24-52(46)45-53)64-34-18-29-56(51-22-7-4-8-23-51)65(64)59-28-12-11-25-55(59)50-20-5-3-6-21-50/h3-45H,1-2H3. The van der Waals surface area contributed by atoms with E-state index in [2.05, 4.69) is 280 Å². The van der Waals surface area contributed by atoms with Crippen LogP contribution in [0, 0.1) is 0 Å². The molecule has 0 saturated heterocycles. The van der Waals surface area contributed by atoms with Crippen LogP contribution in [0.5, 0.6) is 0 Å². The Morgan fingerprint density at radius 3 is 1.44 bits per heavy atom. The predicted molar refractivity (Wildman–Crippen MR) is 289 cm³/mol. The molecule has 1 nitrogen and oxygen atoms in total. The minimum atomic E-state index is -0.195. The van der Waals surface area contributed by atoms with Crippen LogP contribution in [-0.4, -0.2) is 0 Å². The van der Waals surface area contributed by atoms with E-state index in [9.17, 15) is 0 Å². The molecule has 0 unspecified atom stereocenters. The molecule has 11 aromatic carbocycles. The lowest BCUT2D eigenvalue weighted by Gasteiger charge is -2.32. The molecule has 0 aromatic heterocycles. The topological polar surface area (TPSA) is 3.24 Å². The van der Waals surface area contributed by atoms with Crippen molar-refractivity contribution in [2.45, 2.75) is 19.3 Å². The molecule has 0 atom stereocenters. The first kappa shape index (κ1) is 40.9. The number of fused-ring (bicyclic) bond motifs is 4. The van der Waals surface area contributed by atoms with E-state index in [1.165, 1.54) is 99.8 Å². The van der Waals surface area contributed by atoms with Gasteiger partial charge < -0.3 is 4.90 Å². The average Bonchev–Trinajstić information content (AvgIpc) is 3.65. The van der Waals surface area contributed by atoms with Crippen LogP contribution in [0.1, 0.15) is 25.0 Å². The summed E-state index contributed by atoms with van der Waals surface area (Å²) in [7, 11) is 0. The van der Waals surface area contributed by atoms with Crippen LogP contribution in [0.15, 0.2) is 261 Å². The van der Waals surface area contributed by atoms with Crippen molar-refractivity contribution in [2.24, 2.45) is 0 Å². The first-order valence-electron chi connectivity index (χ1n) is 23.7. The van der Waals surface area contributed by atoms with Gasteiger partial charge in [-0.25, -0.2) is 0 Å². The number of anilines is 3. The van der Waals surface area contributed by atoms with Gasteiger partial charge in [-0.1, -0.05) is 244 Å². The third-order valence-electron chi connectivity index (χ3n) is 14.1. The minimum Gasteiger partial charge on any atom is -0.309 e. The van der Waals surface area contributed by atoms with E-state index in [1.807, 2.05) is 0 Å². The van der Waals surface area contributed by atoms with Crippen LogP contribution < -0.4 is 4.90 Å². The van der Waals surface area contributed by atoms with E-state index in [4.69, 9.17) is 0 Å². The maximum absolute atomic E-state index is 2.51. The summed E-state index contributed by atoms with van der Waals surface area (Å²) in [6.07, 6.45) is 0. The predicted octanol–water partition coefficient (Wildman–Crippen LogP) is 18.6. The Labute approximate surface area is 399 Å². The quantitative estimate of drug-likeness (QED) is 0.140. The molecule has 1 aliphatic rings. The Bertz CT molecular complexity index is 3620. The Morgan fingerprint density at radius 2 is 0.735 bits per heavy atom. The van der Waals surface area contributed by atoms with E-state index >= 15 is 0 Å². The van der Waals surface area contributed by atoms with Crippen molar-refractivity contribution < 1.29 is 0 Å².